The summed E-state index contributed by atoms with van der Waals surface area (Å²) >= 11 is 0. The number of rotatable bonds is 2. The van der Waals surface area contributed by atoms with Crippen LogP contribution in [-0.4, -0.2) is 19.1 Å². The molecule has 0 radical (unpaired) electrons. The normalized spacial score (nSPS) is 10.2. The Hall–Kier alpha value is -2.00. The summed E-state index contributed by atoms with van der Waals surface area (Å²) in [7, 11) is 3.85. The van der Waals surface area contributed by atoms with Crippen LogP contribution in [0, 0.1) is 0 Å². The van der Waals surface area contributed by atoms with E-state index in [1.807, 2.05) is 38.4 Å². The van der Waals surface area contributed by atoms with Crippen LogP contribution in [0.4, 0.5) is 11.4 Å². The first-order valence-electron chi connectivity index (χ1n) is 6.00. The van der Waals surface area contributed by atoms with Crippen LogP contribution < -0.4 is 10.6 Å². The number of pyridine rings is 1. The molecule has 2 aromatic carbocycles. The van der Waals surface area contributed by atoms with Crippen LogP contribution in [0.2, 0.25) is 0 Å². The molecular weight excluding hydrogens is 258 g/mol. The number of hydrogen-bond acceptors (Lipinski definition) is 3. The van der Waals surface area contributed by atoms with Gasteiger partial charge in [0.2, 0.25) is 0 Å². The zero-order chi connectivity index (χ0) is 12.5. The van der Waals surface area contributed by atoms with E-state index in [9.17, 15) is 0 Å². The van der Waals surface area contributed by atoms with Crippen molar-refractivity contribution >= 4 is 45.6 Å². The van der Waals surface area contributed by atoms with Gasteiger partial charge in [-0.3, -0.25) is 0 Å². The topological polar surface area (TPSA) is 37.0 Å². The third kappa shape index (κ3) is 2.42. The van der Waals surface area contributed by atoms with Crippen molar-refractivity contribution in [3.8, 4) is 0 Å². The van der Waals surface area contributed by atoms with Crippen molar-refractivity contribution in [3.05, 3.63) is 42.5 Å². The zero-order valence-corrected chi connectivity index (χ0v) is 11.7. The molecule has 0 unspecified atom stereocenters. The second-order valence-corrected chi connectivity index (χ2v) is 4.30. The number of aromatic nitrogens is 1. The summed E-state index contributed by atoms with van der Waals surface area (Å²) in [6.45, 7) is 0. The lowest BCUT2D eigenvalue weighted by Gasteiger charge is -2.06. The van der Waals surface area contributed by atoms with Gasteiger partial charge in [-0.1, -0.05) is 0 Å². The Kier molecular flexibility index (Phi) is 3.76. The molecule has 1 heterocycles. The van der Waals surface area contributed by atoms with Crippen molar-refractivity contribution in [1.29, 1.82) is 0 Å². The van der Waals surface area contributed by atoms with Crippen LogP contribution in [0.1, 0.15) is 0 Å². The lowest BCUT2D eigenvalue weighted by molar-refractivity contribution is 1.46. The Morgan fingerprint density at radius 1 is 0.737 bits per heavy atom. The SMILES string of the molecule is CNc1ccc2nc3ccc(NC)cc3cc2c1.Cl. The monoisotopic (exact) mass is 273 g/mol. The molecule has 0 bridgehead atoms. The predicted octanol–water partition coefficient (Wildman–Crippen LogP) is 3.89. The molecule has 0 atom stereocenters. The maximum atomic E-state index is 4.67. The third-order valence-corrected chi connectivity index (χ3v) is 3.18. The summed E-state index contributed by atoms with van der Waals surface area (Å²) in [5.41, 5.74) is 4.26. The highest BCUT2D eigenvalue weighted by atomic mass is 35.5. The number of anilines is 2. The quantitative estimate of drug-likeness (QED) is 0.696. The smallest absolute Gasteiger partial charge is 0.0711 e. The molecular formula is C15H16ClN3. The average Bonchev–Trinajstić information content (AvgIpc) is 2.43. The van der Waals surface area contributed by atoms with E-state index in [-0.39, 0.29) is 12.4 Å². The Balaban J connectivity index is 0.00000133. The Labute approximate surface area is 118 Å². The molecule has 0 amide bonds. The van der Waals surface area contributed by atoms with E-state index < -0.39 is 0 Å². The first-order valence-corrected chi connectivity index (χ1v) is 6.00. The second kappa shape index (κ2) is 5.33. The van der Waals surface area contributed by atoms with Crippen molar-refractivity contribution in [2.45, 2.75) is 0 Å². The Morgan fingerprint density at radius 2 is 1.21 bits per heavy atom. The van der Waals surface area contributed by atoms with Crippen molar-refractivity contribution in [2.24, 2.45) is 0 Å². The number of halogens is 1. The van der Waals surface area contributed by atoms with Gasteiger partial charge in [-0.15, -0.1) is 12.4 Å². The zero-order valence-electron chi connectivity index (χ0n) is 10.9. The minimum absolute atomic E-state index is 0. The van der Waals surface area contributed by atoms with Crippen LogP contribution >= 0.6 is 12.4 Å². The van der Waals surface area contributed by atoms with Crippen LogP contribution in [-0.2, 0) is 0 Å². The molecule has 3 nitrogen and oxygen atoms in total. The van der Waals surface area contributed by atoms with E-state index in [1.165, 1.54) is 0 Å². The maximum Gasteiger partial charge on any atom is 0.0711 e. The lowest BCUT2D eigenvalue weighted by atomic mass is 10.1. The molecule has 19 heavy (non-hydrogen) atoms. The summed E-state index contributed by atoms with van der Waals surface area (Å²) < 4.78 is 0. The molecule has 0 saturated heterocycles. The summed E-state index contributed by atoms with van der Waals surface area (Å²) in [5, 5.41) is 8.61. The number of fused-ring (bicyclic) bond motifs is 2. The summed E-state index contributed by atoms with van der Waals surface area (Å²) in [6.07, 6.45) is 0. The standard InChI is InChI=1S/C15H15N3.ClH/c1-16-12-3-5-14-10(8-12)7-11-9-13(17-2)4-6-15(11)18-14;/h3-9,16-17H,1-2H3;1H. The van der Waals surface area contributed by atoms with E-state index in [4.69, 9.17) is 0 Å². The Bertz CT molecular complexity index is 666. The van der Waals surface area contributed by atoms with Crippen molar-refractivity contribution in [3.63, 3.8) is 0 Å². The van der Waals surface area contributed by atoms with E-state index in [2.05, 4.69) is 33.8 Å². The van der Waals surface area contributed by atoms with Crippen molar-refractivity contribution in [2.75, 3.05) is 24.7 Å². The van der Waals surface area contributed by atoms with Crippen molar-refractivity contribution < 1.29 is 0 Å². The third-order valence-electron chi connectivity index (χ3n) is 3.18. The molecule has 4 heteroatoms. The van der Waals surface area contributed by atoms with Gasteiger partial charge in [0.25, 0.3) is 0 Å². The predicted molar refractivity (Wildman–Crippen MR) is 85.6 cm³/mol. The number of nitrogens with one attached hydrogen (secondary N) is 2. The van der Waals surface area contributed by atoms with E-state index in [0.29, 0.717) is 0 Å². The minimum Gasteiger partial charge on any atom is -0.388 e. The van der Waals surface area contributed by atoms with Crippen molar-refractivity contribution in [1.82, 2.24) is 4.98 Å². The van der Waals surface area contributed by atoms with Crippen LogP contribution in [0.25, 0.3) is 21.8 Å². The molecule has 0 saturated carbocycles. The highest BCUT2D eigenvalue weighted by Crippen LogP contribution is 2.24. The van der Waals surface area contributed by atoms with Crippen LogP contribution in [0.5, 0.6) is 0 Å². The largest absolute Gasteiger partial charge is 0.388 e. The molecule has 0 spiro atoms. The molecule has 98 valence electrons. The van der Waals surface area contributed by atoms with Crippen LogP contribution in [0.3, 0.4) is 0 Å². The first kappa shape index (κ1) is 13.4. The van der Waals surface area contributed by atoms with E-state index in [0.717, 1.165) is 33.2 Å². The van der Waals surface area contributed by atoms with Gasteiger partial charge < -0.3 is 10.6 Å². The Morgan fingerprint density at radius 3 is 1.63 bits per heavy atom. The minimum atomic E-state index is 0. The molecule has 0 aliphatic carbocycles. The van der Waals surface area contributed by atoms with Gasteiger partial charge in [0, 0.05) is 36.2 Å². The molecule has 0 aliphatic heterocycles. The molecule has 2 N–H and O–H groups in total. The first-order chi connectivity index (χ1) is 8.80. The highest BCUT2D eigenvalue weighted by Gasteiger charge is 2.01. The molecule has 3 aromatic rings. The summed E-state index contributed by atoms with van der Waals surface area (Å²) in [5.74, 6) is 0. The number of benzene rings is 2. The highest BCUT2D eigenvalue weighted by molar-refractivity contribution is 5.95. The fraction of sp³-hybridized carbons (Fsp3) is 0.133. The average molecular weight is 274 g/mol. The van der Waals surface area contributed by atoms with Gasteiger partial charge in [0.15, 0.2) is 0 Å². The van der Waals surface area contributed by atoms with Gasteiger partial charge in [0.05, 0.1) is 11.0 Å². The molecule has 3 rings (SSSR count). The van der Waals surface area contributed by atoms with Gasteiger partial charge in [-0.25, -0.2) is 4.98 Å². The van der Waals surface area contributed by atoms with Gasteiger partial charge in [-0.05, 0) is 42.5 Å². The molecule has 0 fully saturated rings. The van der Waals surface area contributed by atoms with E-state index in [1.54, 1.807) is 0 Å². The van der Waals surface area contributed by atoms with Crippen LogP contribution in [0.15, 0.2) is 42.5 Å². The second-order valence-electron chi connectivity index (χ2n) is 4.30. The fourth-order valence-corrected chi connectivity index (χ4v) is 2.15. The van der Waals surface area contributed by atoms with Gasteiger partial charge >= 0.3 is 0 Å². The summed E-state index contributed by atoms with van der Waals surface area (Å²) in [6, 6.07) is 14.6. The lowest BCUT2D eigenvalue weighted by Crippen LogP contribution is -1.90. The maximum absolute atomic E-state index is 4.67. The number of nitrogens with zero attached hydrogens (tertiary/aromatic N) is 1. The fourth-order valence-electron chi connectivity index (χ4n) is 2.15. The van der Waals surface area contributed by atoms with Gasteiger partial charge in [0.1, 0.15) is 0 Å². The summed E-state index contributed by atoms with van der Waals surface area (Å²) in [4.78, 5) is 4.67. The molecule has 0 aliphatic rings. The number of hydrogen-bond donors (Lipinski definition) is 2. The van der Waals surface area contributed by atoms with E-state index >= 15 is 0 Å². The molecule has 1 aromatic heterocycles. The van der Waals surface area contributed by atoms with Gasteiger partial charge in [-0.2, -0.15) is 0 Å².